The summed E-state index contributed by atoms with van der Waals surface area (Å²) in [6, 6.07) is 21.4. The highest BCUT2D eigenvalue weighted by Gasteiger charge is 2.32. The maximum absolute atomic E-state index is 14.3. The number of nitrogens with one attached hydrogen (secondary N) is 1. The third-order valence-electron chi connectivity index (χ3n) is 8.18. The number of benzene rings is 3. The zero-order chi connectivity index (χ0) is 30.5. The summed E-state index contributed by atoms with van der Waals surface area (Å²) in [5.74, 6) is 0.795. The molecule has 1 aromatic heterocycles. The van der Waals surface area contributed by atoms with Crippen LogP contribution < -0.4 is 15.0 Å². The number of carbonyl (C=O) groups excluding carboxylic acids is 2. The summed E-state index contributed by atoms with van der Waals surface area (Å²) in [6.45, 7) is 0.741. The number of carbonyl (C=O) groups is 3. The lowest BCUT2D eigenvalue weighted by Gasteiger charge is -2.37. The van der Waals surface area contributed by atoms with Crippen LogP contribution in [0.25, 0.3) is 21.2 Å². The number of halogens is 1. The largest absolute Gasteiger partial charge is 0.496 e. The van der Waals surface area contributed by atoms with Crippen LogP contribution in [0.2, 0.25) is 5.02 Å². The fraction of sp³-hybridized carbons (Fsp3) is 0.303. The molecule has 43 heavy (non-hydrogen) atoms. The summed E-state index contributed by atoms with van der Waals surface area (Å²) in [4.78, 5) is 40.4. The lowest BCUT2D eigenvalue weighted by Crippen LogP contribution is -2.43. The fourth-order valence-corrected chi connectivity index (χ4v) is 7.22. The number of methoxy groups -OCH3 is 1. The Labute approximate surface area is 259 Å². The molecule has 1 heterocycles. The Bertz CT molecular complexity index is 1610. The zero-order valence-electron chi connectivity index (χ0n) is 24.1. The van der Waals surface area contributed by atoms with Gasteiger partial charge in [-0.3, -0.25) is 9.59 Å². The molecule has 0 radical (unpaired) electrons. The summed E-state index contributed by atoms with van der Waals surface area (Å²) >= 11 is 8.19. The van der Waals surface area contributed by atoms with E-state index in [2.05, 4.69) is 5.32 Å². The number of rotatable bonds is 10. The highest BCUT2D eigenvalue weighted by molar-refractivity contribution is 7.21. The smallest absolute Gasteiger partial charge is 0.404 e. The monoisotopic (exact) mass is 619 g/mol. The van der Waals surface area contributed by atoms with Gasteiger partial charge in [0.15, 0.2) is 0 Å². The number of carboxylic acid groups (broad SMARTS) is 1. The molecule has 1 aliphatic carbocycles. The second kappa shape index (κ2) is 13.5. The molecule has 5 rings (SSSR count). The van der Waals surface area contributed by atoms with Crippen molar-refractivity contribution in [2.75, 3.05) is 25.6 Å². The van der Waals surface area contributed by atoms with Crippen LogP contribution in [0.3, 0.4) is 0 Å². The predicted molar refractivity (Wildman–Crippen MR) is 171 cm³/mol. The van der Waals surface area contributed by atoms with Crippen LogP contribution in [0.15, 0.2) is 66.7 Å². The molecule has 1 saturated carbocycles. The van der Waals surface area contributed by atoms with Gasteiger partial charge in [0.2, 0.25) is 6.41 Å². The first-order chi connectivity index (χ1) is 20.8. The molecule has 0 unspecified atom stereocenters. The quantitative estimate of drug-likeness (QED) is 0.182. The van der Waals surface area contributed by atoms with Crippen LogP contribution >= 0.6 is 22.9 Å². The Morgan fingerprint density at radius 3 is 2.40 bits per heavy atom. The maximum Gasteiger partial charge on any atom is 0.404 e. The van der Waals surface area contributed by atoms with Crippen LogP contribution in [0.4, 0.5) is 10.5 Å². The topological polar surface area (TPSA) is 99.2 Å². The second-order valence-corrected chi connectivity index (χ2v) is 12.3. The van der Waals surface area contributed by atoms with Gasteiger partial charge in [0.25, 0.3) is 5.91 Å². The molecule has 4 aromatic rings. The minimum atomic E-state index is -1.02. The number of ether oxygens (including phenoxy) is 1. The van der Waals surface area contributed by atoms with Crippen LogP contribution in [-0.4, -0.2) is 55.2 Å². The molecule has 0 spiro atoms. The lowest BCUT2D eigenvalue weighted by atomic mass is 9.85. The van der Waals surface area contributed by atoms with Gasteiger partial charge in [0, 0.05) is 47.5 Å². The number of hydrogen-bond acceptors (Lipinski definition) is 5. The predicted octanol–water partition coefficient (Wildman–Crippen LogP) is 7.29. The minimum Gasteiger partial charge on any atom is -0.496 e. The first kappa shape index (κ1) is 30.4. The third-order valence-corrected chi connectivity index (χ3v) is 9.84. The Balaban J connectivity index is 1.47. The van der Waals surface area contributed by atoms with Crippen LogP contribution in [0, 0.1) is 5.92 Å². The van der Waals surface area contributed by atoms with E-state index in [1.807, 2.05) is 71.6 Å². The summed E-state index contributed by atoms with van der Waals surface area (Å²) in [7, 11) is 3.33. The average Bonchev–Trinajstić information content (AvgIpc) is 3.38. The van der Waals surface area contributed by atoms with Crippen molar-refractivity contribution in [2.45, 2.75) is 38.3 Å². The summed E-state index contributed by atoms with van der Waals surface area (Å²) in [5, 5.41) is 12.9. The Morgan fingerprint density at radius 2 is 1.74 bits per heavy atom. The van der Waals surface area contributed by atoms with Crippen LogP contribution in [0.5, 0.6) is 5.75 Å². The number of anilines is 1. The zero-order valence-corrected chi connectivity index (χ0v) is 25.7. The van der Waals surface area contributed by atoms with Gasteiger partial charge in [-0.15, -0.1) is 11.3 Å². The molecule has 1 aliphatic rings. The van der Waals surface area contributed by atoms with E-state index in [0.717, 1.165) is 64.6 Å². The molecular formula is C33H34ClN3O5S. The van der Waals surface area contributed by atoms with E-state index in [9.17, 15) is 14.4 Å². The summed E-state index contributed by atoms with van der Waals surface area (Å²) < 4.78 is 6.71. The molecular weight excluding hydrogens is 586 g/mol. The van der Waals surface area contributed by atoms with E-state index < -0.39 is 6.09 Å². The van der Waals surface area contributed by atoms with E-state index in [0.29, 0.717) is 28.7 Å². The van der Waals surface area contributed by atoms with E-state index in [1.165, 1.54) is 16.2 Å². The first-order valence-electron chi connectivity index (χ1n) is 14.2. The highest BCUT2D eigenvalue weighted by atomic mass is 35.5. The fourth-order valence-electron chi connectivity index (χ4n) is 5.76. The number of nitrogens with zero attached hydrogens (tertiary/aromatic N) is 2. The molecule has 8 nitrogen and oxygen atoms in total. The Kier molecular flexibility index (Phi) is 9.52. The Hall–Kier alpha value is -4.08. The maximum atomic E-state index is 14.3. The van der Waals surface area contributed by atoms with Gasteiger partial charge in [0.05, 0.1) is 12.1 Å². The third kappa shape index (κ3) is 6.78. The van der Waals surface area contributed by atoms with Crippen LogP contribution in [-0.2, 0) is 11.3 Å². The van der Waals surface area contributed by atoms with Crippen molar-refractivity contribution in [1.29, 1.82) is 0 Å². The SMILES string of the molecule is COc1ccc(-c2ccc(N(C)C=O)cc2)cc1CN(C(=O)c1sc2ccccc2c1Cl)C1CCC(CNC(=O)O)CC1. The van der Waals surface area contributed by atoms with Gasteiger partial charge in [0.1, 0.15) is 10.6 Å². The van der Waals surface area contributed by atoms with E-state index in [1.54, 1.807) is 14.2 Å². The van der Waals surface area contributed by atoms with Crippen molar-refractivity contribution in [2.24, 2.45) is 5.92 Å². The van der Waals surface area contributed by atoms with Crippen molar-refractivity contribution >= 4 is 57.1 Å². The van der Waals surface area contributed by atoms with Crippen molar-refractivity contribution in [3.05, 3.63) is 82.2 Å². The van der Waals surface area contributed by atoms with E-state index in [-0.39, 0.29) is 17.9 Å². The lowest BCUT2D eigenvalue weighted by molar-refractivity contribution is -0.107. The molecule has 2 N–H and O–H groups in total. The molecule has 10 heteroatoms. The average molecular weight is 620 g/mol. The number of amides is 3. The highest BCUT2D eigenvalue weighted by Crippen LogP contribution is 2.39. The molecule has 3 amide bonds. The van der Waals surface area contributed by atoms with Gasteiger partial charge in [-0.2, -0.15) is 0 Å². The molecule has 1 fully saturated rings. The molecule has 0 aliphatic heterocycles. The molecule has 0 atom stereocenters. The van der Waals surface area contributed by atoms with Crippen molar-refractivity contribution in [3.63, 3.8) is 0 Å². The first-order valence-corrected chi connectivity index (χ1v) is 15.4. The molecule has 0 bridgehead atoms. The van der Waals surface area contributed by atoms with Gasteiger partial charge in [-0.25, -0.2) is 4.79 Å². The second-order valence-electron chi connectivity index (χ2n) is 10.8. The standard InChI is InChI=1S/C33H34ClN3O5S/c1-36(20-38)25-14-9-22(10-15-25)23-11-16-28(42-2)24(17-23)19-37(26-12-7-21(8-13-26)18-35-33(40)41)32(39)31-30(34)27-5-3-4-6-29(27)43-31/h3-6,9-11,14-17,20-21,26,35H,7-8,12-13,18-19H2,1-2H3,(H,40,41). The normalized spacial score (nSPS) is 16.4. The van der Waals surface area contributed by atoms with Crippen molar-refractivity contribution < 1.29 is 24.2 Å². The van der Waals surface area contributed by atoms with E-state index >= 15 is 0 Å². The summed E-state index contributed by atoms with van der Waals surface area (Å²) in [6.07, 6.45) is 2.89. The molecule has 3 aromatic carbocycles. The number of thiophene rings is 1. The van der Waals surface area contributed by atoms with Gasteiger partial charge >= 0.3 is 6.09 Å². The summed E-state index contributed by atoms with van der Waals surface area (Å²) in [5.41, 5.74) is 3.60. The van der Waals surface area contributed by atoms with Crippen LogP contribution in [0.1, 0.15) is 40.9 Å². The molecule has 224 valence electrons. The van der Waals surface area contributed by atoms with Crippen molar-refractivity contribution in [3.8, 4) is 16.9 Å². The minimum absolute atomic E-state index is 0.0404. The Morgan fingerprint density at radius 1 is 1.05 bits per heavy atom. The van der Waals surface area contributed by atoms with E-state index in [4.69, 9.17) is 21.4 Å². The molecule has 0 saturated heterocycles. The van der Waals surface area contributed by atoms with Crippen molar-refractivity contribution in [1.82, 2.24) is 10.2 Å². The van der Waals surface area contributed by atoms with Gasteiger partial charge in [-0.05, 0) is 73.1 Å². The number of hydrogen-bond donors (Lipinski definition) is 2. The number of fused-ring (bicyclic) bond motifs is 1. The van der Waals surface area contributed by atoms with Gasteiger partial charge in [-0.1, -0.05) is 48.0 Å². The van der Waals surface area contributed by atoms with Gasteiger partial charge < -0.3 is 25.0 Å².